The molecule has 0 aliphatic rings. The molecule has 2 N–H and O–H groups in total. The SMILES string of the molecule is CC(=O)c1ccc(CNC(=O)CCC(=O)NCc2ccc(C(C)=O)cc2)cc1. The Kier molecular flexibility index (Phi) is 7.63. The van der Waals surface area contributed by atoms with Crippen molar-refractivity contribution in [3.05, 3.63) is 70.8 Å². The van der Waals surface area contributed by atoms with Gasteiger partial charge in [0.1, 0.15) is 0 Å². The second-order valence-corrected chi connectivity index (χ2v) is 6.56. The fourth-order valence-electron chi connectivity index (χ4n) is 2.52. The average Bonchev–Trinajstić information content (AvgIpc) is 2.69. The van der Waals surface area contributed by atoms with E-state index in [4.69, 9.17) is 0 Å². The van der Waals surface area contributed by atoms with E-state index in [0.29, 0.717) is 24.2 Å². The smallest absolute Gasteiger partial charge is 0.220 e. The molecule has 0 atom stereocenters. The molecular formula is C22H24N2O4. The highest BCUT2D eigenvalue weighted by atomic mass is 16.2. The minimum Gasteiger partial charge on any atom is -0.352 e. The van der Waals surface area contributed by atoms with Gasteiger partial charge in [-0.25, -0.2) is 0 Å². The van der Waals surface area contributed by atoms with E-state index < -0.39 is 0 Å². The monoisotopic (exact) mass is 380 g/mol. The van der Waals surface area contributed by atoms with Crippen molar-refractivity contribution >= 4 is 23.4 Å². The Hall–Kier alpha value is -3.28. The van der Waals surface area contributed by atoms with E-state index in [1.807, 2.05) is 0 Å². The average molecular weight is 380 g/mol. The summed E-state index contributed by atoms with van der Waals surface area (Å²) in [5.41, 5.74) is 3.03. The highest BCUT2D eigenvalue weighted by Crippen LogP contribution is 2.06. The van der Waals surface area contributed by atoms with E-state index in [0.717, 1.165) is 11.1 Å². The molecule has 2 aromatic rings. The molecule has 0 radical (unpaired) electrons. The summed E-state index contributed by atoms with van der Waals surface area (Å²) in [6.45, 7) is 3.70. The third-order valence-electron chi connectivity index (χ3n) is 4.28. The van der Waals surface area contributed by atoms with Crippen LogP contribution in [0.5, 0.6) is 0 Å². The second-order valence-electron chi connectivity index (χ2n) is 6.56. The molecule has 0 saturated carbocycles. The fraction of sp³-hybridized carbons (Fsp3) is 0.273. The van der Waals surface area contributed by atoms with Gasteiger partial charge in [-0.05, 0) is 25.0 Å². The molecule has 0 aromatic heterocycles. The normalized spacial score (nSPS) is 10.2. The maximum atomic E-state index is 11.9. The van der Waals surface area contributed by atoms with Crippen molar-refractivity contribution in [2.45, 2.75) is 39.8 Å². The summed E-state index contributed by atoms with van der Waals surface area (Å²) in [6, 6.07) is 14.1. The van der Waals surface area contributed by atoms with Crippen molar-refractivity contribution in [2.75, 3.05) is 0 Å². The van der Waals surface area contributed by atoms with Crippen molar-refractivity contribution in [1.29, 1.82) is 0 Å². The molecule has 146 valence electrons. The number of hydrogen-bond acceptors (Lipinski definition) is 4. The lowest BCUT2D eigenvalue weighted by Gasteiger charge is -2.07. The topological polar surface area (TPSA) is 92.3 Å². The Morgan fingerprint density at radius 2 is 0.929 bits per heavy atom. The summed E-state index contributed by atoms with van der Waals surface area (Å²) in [4.78, 5) is 46.3. The standard InChI is InChI=1S/C22H24N2O4/c1-15(25)19-7-3-17(4-8-19)13-23-21(27)11-12-22(28)24-14-18-5-9-20(10-6-18)16(2)26/h3-10H,11-14H2,1-2H3,(H,23,27)(H,24,28). The van der Waals surface area contributed by atoms with Gasteiger partial charge in [0, 0.05) is 37.1 Å². The van der Waals surface area contributed by atoms with Gasteiger partial charge in [-0.2, -0.15) is 0 Å². The molecule has 0 unspecified atom stereocenters. The van der Waals surface area contributed by atoms with Crippen LogP contribution in [0.3, 0.4) is 0 Å². The number of rotatable bonds is 9. The molecule has 6 heteroatoms. The van der Waals surface area contributed by atoms with Crippen LogP contribution >= 0.6 is 0 Å². The van der Waals surface area contributed by atoms with Crippen LogP contribution in [-0.2, 0) is 22.7 Å². The molecule has 0 aliphatic heterocycles. The van der Waals surface area contributed by atoms with E-state index in [2.05, 4.69) is 10.6 Å². The van der Waals surface area contributed by atoms with Gasteiger partial charge in [0.25, 0.3) is 0 Å². The molecule has 0 bridgehead atoms. The molecule has 0 heterocycles. The number of Topliss-reactive ketones (excluding diaryl/α,β-unsaturated/α-hetero) is 2. The van der Waals surface area contributed by atoms with Crippen molar-refractivity contribution in [2.24, 2.45) is 0 Å². The minimum absolute atomic E-state index is 0.00334. The molecule has 0 fully saturated rings. The van der Waals surface area contributed by atoms with Gasteiger partial charge >= 0.3 is 0 Å². The Bertz CT molecular complexity index is 782. The third-order valence-corrected chi connectivity index (χ3v) is 4.28. The number of carbonyl (C=O) groups excluding carboxylic acids is 4. The highest BCUT2D eigenvalue weighted by Gasteiger charge is 2.07. The quantitative estimate of drug-likeness (QED) is 0.654. The van der Waals surface area contributed by atoms with Gasteiger partial charge in [-0.15, -0.1) is 0 Å². The van der Waals surface area contributed by atoms with Crippen LogP contribution in [0.2, 0.25) is 0 Å². The first kappa shape index (κ1) is 21.0. The largest absolute Gasteiger partial charge is 0.352 e. The summed E-state index contributed by atoms with van der Waals surface area (Å²) in [7, 11) is 0. The maximum absolute atomic E-state index is 11.9. The van der Waals surface area contributed by atoms with Crippen LogP contribution in [0.15, 0.2) is 48.5 Å². The molecule has 2 amide bonds. The summed E-state index contributed by atoms with van der Waals surface area (Å²) in [5.74, 6) is -0.430. The molecule has 2 rings (SSSR count). The van der Waals surface area contributed by atoms with Crippen LogP contribution in [0.1, 0.15) is 58.5 Å². The Morgan fingerprint density at radius 3 is 1.21 bits per heavy atom. The number of carbonyl (C=O) groups is 4. The second kappa shape index (κ2) is 10.2. The number of nitrogens with one attached hydrogen (secondary N) is 2. The van der Waals surface area contributed by atoms with E-state index >= 15 is 0 Å². The van der Waals surface area contributed by atoms with E-state index in [9.17, 15) is 19.2 Å². The molecule has 6 nitrogen and oxygen atoms in total. The van der Waals surface area contributed by atoms with Gasteiger partial charge < -0.3 is 10.6 Å². The molecule has 0 aliphatic carbocycles. The Balaban J connectivity index is 1.68. The summed E-state index contributed by atoms with van der Waals surface area (Å²) in [5, 5.41) is 5.52. The summed E-state index contributed by atoms with van der Waals surface area (Å²) < 4.78 is 0. The van der Waals surface area contributed by atoms with Gasteiger partial charge in [0.2, 0.25) is 11.8 Å². The zero-order valence-corrected chi connectivity index (χ0v) is 16.1. The van der Waals surface area contributed by atoms with Gasteiger partial charge in [-0.1, -0.05) is 48.5 Å². The van der Waals surface area contributed by atoms with Crippen LogP contribution in [0.4, 0.5) is 0 Å². The first-order valence-corrected chi connectivity index (χ1v) is 9.08. The van der Waals surface area contributed by atoms with Crippen LogP contribution in [0, 0.1) is 0 Å². The minimum atomic E-state index is -0.211. The van der Waals surface area contributed by atoms with Crippen LogP contribution < -0.4 is 10.6 Å². The van der Waals surface area contributed by atoms with Crippen molar-refractivity contribution in [3.8, 4) is 0 Å². The first-order valence-electron chi connectivity index (χ1n) is 9.08. The predicted octanol–water partition coefficient (Wildman–Crippen LogP) is 2.80. The lowest BCUT2D eigenvalue weighted by atomic mass is 10.1. The van der Waals surface area contributed by atoms with Gasteiger partial charge in [-0.3, -0.25) is 19.2 Å². The Morgan fingerprint density at radius 1 is 0.607 bits per heavy atom. The van der Waals surface area contributed by atoms with Gasteiger partial charge in [0.05, 0.1) is 0 Å². The zero-order chi connectivity index (χ0) is 20.5. The maximum Gasteiger partial charge on any atom is 0.220 e. The van der Waals surface area contributed by atoms with E-state index in [1.165, 1.54) is 13.8 Å². The van der Waals surface area contributed by atoms with E-state index in [-0.39, 0.29) is 36.2 Å². The highest BCUT2D eigenvalue weighted by molar-refractivity contribution is 5.94. The van der Waals surface area contributed by atoms with Crippen LogP contribution in [0.25, 0.3) is 0 Å². The number of benzene rings is 2. The first-order chi connectivity index (χ1) is 13.3. The molecule has 28 heavy (non-hydrogen) atoms. The number of amides is 2. The van der Waals surface area contributed by atoms with Crippen molar-refractivity contribution in [1.82, 2.24) is 10.6 Å². The Labute approximate surface area is 164 Å². The molecule has 0 saturated heterocycles. The molecule has 0 spiro atoms. The van der Waals surface area contributed by atoms with Crippen molar-refractivity contribution in [3.63, 3.8) is 0 Å². The predicted molar refractivity (Wildman–Crippen MR) is 106 cm³/mol. The molecule has 2 aromatic carbocycles. The van der Waals surface area contributed by atoms with Crippen LogP contribution in [-0.4, -0.2) is 23.4 Å². The van der Waals surface area contributed by atoms with E-state index in [1.54, 1.807) is 48.5 Å². The number of hydrogen-bond donors (Lipinski definition) is 2. The summed E-state index contributed by atoms with van der Waals surface area (Å²) in [6.07, 6.45) is 0.196. The van der Waals surface area contributed by atoms with Gasteiger partial charge in [0.15, 0.2) is 11.6 Å². The zero-order valence-electron chi connectivity index (χ0n) is 16.1. The third kappa shape index (κ3) is 6.79. The molecular weight excluding hydrogens is 356 g/mol. The van der Waals surface area contributed by atoms with Crippen molar-refractivity contribution < 1.29 is 19.2 Å². The number of ketones is 2. The lowest BCUT2D eigenvalue weighted by Crippen LogP contribution is -2.27. The summed E-state index contributed by atoms with van der Waals surface area (Å²) >= 11 is 0. The lowest BCUT2D eigenvalue weighted by molar-refractivity contribution is -0.126. The fourth-order valence-corrected chi connectivity index (χ4v) is 2.52.